The van der Waals surface area contributed by atoms with Gasteiger partial charge in [0.2, 0.25) is 0 Å². The van der Waals surface area contributed by atoms with Crippen LogP contribution < -0.4 is 4.74 Å². The molecule has 0 saturated heterocycles. The van der Waals surface area contributed by atoms with Crippen molar-refractivity contribution >= 4 is 58.0 Å². The lowest BCUT2D eigenvalue weighted by molar-refractivity contribution is 0.411. The van der Waals surface area contributed by atoms with Crippen molar-refractivity contribution in [3.05, 3.63) is 108 Å². The Labute approximate surface area is 226 Å². The van der Waals surface area contributed by atoms with Gasteiger partial charge in [0, 0.05) is 0 Å². The van der Waals surface area contributed by atoms with Gasteiger partial charge in [0.05, 0.1) is 25.1 Å². The van der Waals surface area contributed by atoms with Crippen molar-refractivity contribution in [2.45, 2.75) is 12.8 Å². The number of benzene rings is 4. The minimum Gasteiger partial charge on any atom is -0.506 e. The smallest absolute Gasteiger partial charge is 0.177 e. The van der Waals surface area contributed by atoms with Crippen molar-refractivity contribution < 1.29 is 20.1 Å². The lowest BCUT2D eigenvalue weighted by Gasteiger charge is -2.14. The number of ether oxygens (including phenoxy) is 1. The summed E-state index contributed by atoms with van der Waals surface area (Å²) in [5.74, 6) is 0.0936. The van der Waals surface area contributed by atoms with Crippen molar-refractivity contribution in [2.75, 3.05) is 0 Å². The molecule has 4 aromatic carbocycles. The minimum absolute atomic E-state index is 0.00197. The molecule has 0 aromatic heterocycles. The Hall–Kier alpha value is -2.47. The monoisotopic (exact) mass is 568 g/mol. The van der Waals surface area contributed by atoms with Gasteiger partial charge in [-0.05, 0) is 83.6 Å². The molecule has 4 rings (SSSR count). The van der Waals surface area contributed by atoms with Gasteiger partial charge in [0.25, 0.3) is 0 Å². The van der Waals surface area contributed by atoms with Crippen LogP contribution in [0.1, 0.15) is 22.3 Å². The van der Waals surface area contributed by atoms with E-state index in [0.717, 1.165) is 22.3 Å². The van der Waals surface area contributed by atoms with Crippen LogP contribution in [-0.4, -0.2) is 15.3 Å². The van der Waals surface area contributed by atoms with Crippen LogP contribution in [0.15, 0.2) is 60.7 Å². The summed E-state index contributed by atoms with van der Waals surface area (Å²) in [5.41, 5.74) is 3.27. The molecule has 0 aliphatic heterocycles. The van der Waals surface area contributed by atoms with Crippen LogP contribution in [0, 0.1) is 0 Å². The molecule has 0 atom stereocenters. The molecule has 0 spiro atoms. The summed E-state index contributed by atoms with van der Waals surface area (Å²) in [6.45, 7) is 0. The van der Waals surface area contributed by atoms with Crippen LogP contribution in [-0.2, 0) is 12.8 Å². The predicted molar refractivity (Wildman–Crippen MR) is 141 cm³/mol. The average Bonchev–Trinajstić information content (AvgIpc) is 2.79. The first-order valence-electron chi connectivity index (χ1n) is 10.2. The van der Waals surface area contributed by atoms with E-state index in [0.29, 0.717) is 23.6 Å². The number of hydrogen-bond acceptors (Lipinski definition) is 4. The van der Waals surface area contributed by atoms with Gasteiger partial charge in [-0.3, -0.25) is 0 Å². The summed E-state index contributed by atoms with van der Waals surface area (Å²) in [6.07, 6.45) is 0.919. The zero-order chi connectivity index (χ0) is 25.3. The fourth-order valence-corrected chi connectivity index (χ4v) is 4.72. The fraction of sp³-hybridized carbons (Fsp3) is 0.0769. The fourth-order valence-electron chi connectivity index (χ4n) is 3.51. The second kappa shape index (κ2) is 10.7. The molecule has 0 aliphatic rings. The lowest BCUT2D eigenvalue weighted by atomic mass is 10.0. The molecule has 0 saturated carbocycles. The van der Waals surface area contributed by atoms with E-state index < -0.39 is 0 Å². The van der Waals surface area contributed by atoms with E-state index in [-0.39, 0.29) is 43.1 Å². The highest BCUT2D eigenvalue weighted by molar-refractivity contribution is 6.37. The van der Waals surface area contributed by atoms with Gasteiger partial charge in [0.15, 0.2) is 17.2 Å². The Morgan fingerprint density at radius 1 is 0.486 bits per heavy atom. The molecule has 0 bridgehead atoms. The Morgan fingerprint density at radius 2 is 0.971 bits per heavy atom. The van der Waals surface area contributed by atoms with Crippen molar-refractivity contribution in [3.63, 3.8) is 0 Å². The van der Waals surface area contributed by atoms with E-state index in [1.165, 1.54) is 6.07 Å². The predicted octanol–water partition coefficient (Wildman–Crippen LogP) is 9.04. The number of aromatic hydroxyl groups is 3. The molecule has 3 N–H and O–H groups in total. The van der Waals surface area contributed by atoms with E-state index in [4.69, 9.17) is 62.7 Å². The Bertz CT molecular complexity index is 1400. The second-order valence-corrected chi connectivity index (χ2v) is 9.87. The normalized spacial score (nSPS) is 11.0. The zero-order valence-electron chi connectivity index (χ0n) is 17.8. The van der Waals surface area contributed by atoms with E-state index in [9.17, 15) is 15.3 Å². The van der Waals surface area contributed by atoms with Crippen LogP contribution >= 0.6 is 58.0 Å². The van der Waals surface area contributed by atoms with E-state index in [1.54, 1.807) is 48.5 Å². The van der Waals surface area contributed by atoms with Gasteiger partial charge in [0.1, 0.15) is 11.5 Å². The second-order valence-electron chi connectivity index (χ2n) is 7.84. The maximum Gasteiger partial charge on any atom is 0.177 e. The quantitative estimate of drug-likeness (QED) is 0.216. The van der Waals surface area contributed by atoms with Crippen LogP contribution in [0.5, 0.6) is 28.7 Å². The summed E-state index contributed by atoms with van der Waals surface area (Å²) in [4.78, 5) is 0. The van der Waals surface area contributed by atoms with Gasteiger partial charge in [-0.25, -0.2) is 0 Å². The van der Waals surface area contributed by atoms with Gasteiger partial charge < -0.3 is 20.1 Å². The van der Waals surface area contributed by atoms with Crippen molar-refractivity contribution in [1.29, 1.82) is 0 Å². The number of phenolic OH excluding ortho intramolecular Hbond substituents is 3. The van der Waals surface area contributed by atoms with E-state index >= 15 is 0 Å². The van der Waals surface area contributed by atoms with Crippen LogP contribution in [0.25, 0.3) is 0 Å². The molecule has 180 valence electrons. The van der Waals surface area contributed by atoms with Gasteiger partial charge in [-0.15, -0.1) is 0 Å². The topological polar surface area (TPSA) is 69.9 Å². The standard InChI is InChI=1S/C26H17Cl5O4/c27-17-7-13(1-3-22(17)32)6-16-11-21(31)26(34)24(12-16)35-23-4-2-14(8-18(23)28)5-15-9-19(29)25(33)20(30)10-15/h1-4,7-12,32-34H,5-6H2. The first-order chi connectivity index (χ1) is 16.6. The minimum atomic E-state index is -0.215. The molecule has 0 radical (unpaired) electrons. The Balaban J connectivity index is 1.56. The molecule has 35 heavy (non-hydrogen) atoms. The van der Waals surface area contributed by atoms with Crippen molar-refractivity contribution in [3.8, 4) is 28.7 Å². The molecule has 0 fully saturated rings. The number of hydrogen-bond donors (Lipinski definition) is 3. The third-order valence-corrected chi connectivity index (χ3v) is 6.67. The number of phenols is 3. The average molecular weight is 571 g/mol. The first kappa shape index (κ1) is 25.6. The molecule has 0 aliphatic carbocycles. The molecule has 0 unspecified atom stereocenters. The summed E-state index contributed by atoms with van der Waals surface area (Å²) < 4.78 is 5.89. The molecular formula is C26H17Cl5O4. The summed E-state index contributed by atoms with van der Waals surface area (Å²) in [5, 5.41) is 30.8. The third kappa shape index (κ3) is 6.03. The SMILES string of the molecule is Oc1ccc(Cc2cc(Cl)c(O)c(Oc3ccc(Cc4cc(Cl)c(O)c(Cl)c4)cc3Cl)c2)cc1Cl. The van der Waals surface area contributed by atoms with Crippen molar-refractivity contribution in [2.24, 2.45) is 0 Å². The number of rotatable bonds is 6. The highest BCUT2D eigenvalue weighted by Crippen LogP contribution is 2.41. The molecule has 4 aromatic rings. The van der Waals surface area contributed by atoms with Crippen LogP contribution in [0.3, 0.4) is 0 Å². The maximum atomic E-state index is 10.4. The zero-order valence-corrected chi connectivity index (χ0v) is 21.6. The summed E-state index contributed by atoms with van der Waals surface area (Å²) in [6, 6.07) is 16.7. The Morgan fingerprint density at radius 3 is 1.54 bits per heavy atom. The largest absolute Gasteiger partial charge is 0.506 e. The van der Waals surface area contributed by atoms with Gasteiger partial charge in [-0.2, -0.15) is 0 Å². The van der Waals surface area contributed by atoms with E-state index in [1.807, 2.05) is 6.07 Å². The number of halogens is 5. The third-order valence-electron chi connectivity index (χ3n) is 5.21. The van der Waals surface area contributed by atoms with E-state index in [2.05, 4.69) is 0 Å². The highest BCUT2D eigenvalue weighted by Gasteiger charge is 2.15. The Kier molecular flexibility index (Phi) is 7.80. The summed E-state index contributed by atoms with van der Waals surface area (Å²) in [7, 11) is 0. The summed E-state index contributed by atoms with van der Waals surface area (Å²) >= 11 is 30.7. The highest BCUT2D eigenvalue weighted by atomic mass is 35.5. The van der Waals surface area contributed by atoms with Gasteiger partial charge in [-0.1, -0.05) is 70.1 Å². The lowest BCUT2D eigenvalue weighted by Crippen LogP contribution is -1.94. The molecule has 9 heteroatoms. The molecule has 0 heterocycles. The van der Waals surface area contributed by atoms with Crippen LogP contribution in [0.4, 0.5) is 0 Å². The molecule has 0 amide bonds. The molecular weight excluding hydrogens is 554 g/mol. The van der Waals surface area contributed by atoms with Crippen molar-refractivity contribution in [1.82, 2.24) is 0 Å². The first-order valence-corrected chi connectivity index (χ1v) is 12.1. The maximum absolute atomic E-state index is 10.4. The van der Waals surface area contributed by atoms with Gasteiger partial charge >= 0.3 is 0 Å². The van der Waals surface area contributed by atoms with Crippen LogP contribution in [0.2, 0.25) is 25.1 Å². The molecule has 4 nitrogen and oxygen atoms in total.